The summed E-state index contributed by atoms with van der Waals surface area (Å²) >= 11 is 0. The third-order valence-corrected chi connectivity index (χ3v) is 4.39. The Morgan fingerprint density at radius 2 is 1.62 bits per heavy atom. The molecule has 2 aromatic carbocycles. The summed E-state index contributed by atoms with van der Waals surface area (Å²) < 4.78 is 2.38. The minimum absolute atomic E-state index is 0.214. The van der Waals surface area contributed by atoms with Gasteiger partial charge in [-0.15, -0.1) is 0 Å². The average Bonchev–Trinajstić information content (AvgIpc) is 2.93. The van der Waals surface area contributed by atoms with Crippen LogP contribution in [0.25, 0.3) is 21.8 Å². The van der Waals surface area contributed by atoms with Crippen molar-refractivity contribution in [3.8, 4) is 0 Å². The number of fused-ring (bicyclic) bond motifs is 3. The molecule has 126 valence electrons. The van der Waals surface area contributed by atoms with Gasteiger partial charge >= 0.3 is 0 Å². The summed E-state index contributed by atoms with van der Waals surface area (Å²) in [5.74, 6) is -0.375. The van der Waals surface area contributed by atoms with E-state index < -0.39 is 0 Å². The Balaban J connectivity index is 1.68. The van der Waals surface area contributed by atoms with Crippen molar-refractivity contribution in [1.82, 2.24) is 14.9 Å². The summed E-state index contributed by atoms with van der Waals surface area (Å²) in [6.07, 6.45) is 2.03. The van der Waals surface area contributed by atoms with Crippen LogP contribution >= 0.6 is 0 Å². The monoisotopic (exact) mass is 325 g/mol. The second-order valence-corrected chi connectivity index (χ2v) is 6.17. The molecule has 0 aliphatic carbocycles. The number of nitrogens with one attached hydrogen (secondary N) is 1. The quantitative estimate of drug-likeness (QED) is 0.399. The van der Waals surface area contributed by atoms with Crippen LogP contribution in [0.15, 0.2) is 48.5 Å². The predicted molar refractivity (Wildman–Crippen MR) is 96.1 cm³/mol. The Morgan fingerprint density at radius 1 is 1.04 bits per heavy atom. The highest BCUT2D eigenvalue weighted by atomic mass is 16.5. The number of hydroxylamine groups is 1. The highest BCUT2D eigenvalue weighted by Gasteiger charge is 2.09. The maximum Gasteiger partial charge on any atom is 0.257 e. The lowest BCUT2D eigenvalue weighted by Crippen LogP contribution is -2.33. The van der Waals surface area contributed by atoms with Crippen LogP contribution in [0.5, 0.6) is 0 Å². The van der Waals surface area contributed by atoms with E-state index in [1.807, 2.05) is 11.9 Å². The summed E-state index contributed by atoms with van der Waals surface area (Å²) in [5, 5.41) is 11.1. The zero-order valence-corrected chi connectivity index (χ0v) is 13.9. The fraction of sp³-hybridized carbons (Fsp3) is 0.316. The van der Waals surface area contributed by atoms with Crippen molar-refractivity contribution in [2.75, 3.05) is 20.1 Å². The third kappa shape index (κ3) is 3.42. The average molecular weight is 325 g/mol. The lowest BCUT2D eigenvalue weighted by molar-refractivity contribution is -0.130. The van der Waals surface area contributed by atoms with Gasteiger partial charge in [0.05, 0.1) is 6.54 Å². The molecule has 0 unspecified atom stereocenters. The predicted octanol–water partition coefficient (Wildman–Crippen LogP) is 3.01. The lowest BCUT2D eigenvalue weighted by atomic mass is 10.2. The molecule has 1 aromatic heterocycles. The molecular formula is C19H23N3O2. The molecule has 5 nitrogen and oxygen atoms in total. The van der Waals surface area contributed by atoms with E-state index in [2.05, 4.69) is 53.1 Å². The van der Waals surface area contributed by atoms with E-state index >= 15 is 0 Å². The standard InChI is InChI=1S/C19H23N3O2/c1-21(14-19(23)20-24)12-6-7-13-22-17-10-4-2-8-15(17)16-9-3-5-11-18(16)22/h2-5,8-11,24H,6-7,12-14H2,1H3,(H,20,23). The SMILES string of the molecule is CN(CCCCn1c2ccccc2c2ccccc21)CC(=O)NO. The van der Waals surface area contributed by atoms with Gasteiger partial charge in [0.2, 0.25) is 0 Å². The number of para-hydroxylation sites is 2. The van der Waals surface area contributed by atoms with Gasteiger partial charge in [0.25, 0.3) is 5.91 Å². The van der Waals surface area contributed by atoms with Crippen LogP contribution in [-0.2, 0) is 11.3 Å². The first-order valence-corrected chi connectivity index (χ1v) is 8.28. The molecule has 0 spiro atoms. The summed E-state index contributed by atoms with van der Waals surface area (Å²) in [4.78, 5) is 13.0. The van der Waals surface area contributed by atoms with E-state index in [4.69, 9.17) is 5.21 Å². The van der Waals surface area contributed by atoms with Crippen molar-refractivity contribution in [2.45, 2.75) is 19.4 Å². The van der Waals surface area contributed by atoms with Gasteiger partial charge in [-0.05, 0) is 38.6 Å². The number of carbonyl (C=O) groups is 1. The highest BCUT2D eigenvalue weighted by molar-refractivity contribution is 6.07. The van der Waals surface area contributed by atoms with Crippen LogP contribution in [0.1, 0.15) is 12.8 Å². The number of likely N-dealkylation sites (N-methyl/N-ethyl adjacent to an activating group) is 1. The minimum atomic E-state index is -0.375. The molecule has 3 rings (SSSR count). The van der Waals surface area contributed by atoms with Gasteiger partial charge in [0.1, 0.15) is 0 Å². The molecule has 0 fully saturated rings. The van der Waals surface area contributed by atoms with E-state index in [9.17, 15) is 4.79 Å². The Morgan fingerprint density at radius 3 is 2.21 bits per heavy atom. The number of carbonyl (C=O) groups excluding carboxylic acids is 1. The van der Waals surface area contributed by atoms with Gasteiger partial charge in [-0.25, -0.2) is 5.48 Å². The molecule has 0 radical (unpaired) electrons. The summed E-state index contributed by atoms with van der Waals surface area (Å²) in [5.41, 5.74) is 4.20. The van der Waals surface area contributed by atoms with E-state index in [0.717, 1.165) is 25.9 Å². The van der Waals surface area contributed by atoms with Crippen molar-refractivity contribution in [3.63, 3.8) is 0 Å². The van der Waals surface area contributed by atoms with Gasteiger partial charge in [-0.1, -0.05) is 36.4 Å². The number of aromatic nitrogens is 1. The third-order valence-electron chi connectivity index (χ3n) is 4.39. The molecule has 1 heterocycles. The van der Waals surface area contributed by atoms with Gasteiger partial charge in [-0.2, -0.15) is 0 Å². The number of amides is 1. The second kappa shape index (κ2) is 7.47. The Hall–Kier alpha value is -2.37. The molecule has 24 heavy (non-hydrogen) atoms. The van der Waals surface area contributed by atoms with Crippen molar-refractivity contribution in [1.29, 1.82) is 0 Å². The number of hydrogen-bond acceptors (Lipinski definition) is 3. The minimum Gasteiger partial charge on any atom is -0.340 e. The van der Waals surface area contributed by atoms with Crippen molar-refractivity contribution in [3.05, 3.63) is 48.5 Å². The van der Waals surface area contributed by atoms with Crippen LogP contribution in [0.4, 0.5) is 0 Å². The number of nitrogens with zero attached hydrogens (tertiary/aromatic N) is 2. The van der Waals surface area contributed by atoms with Crippen LogP contribution in [0, 0.1) is 0 Å². The topological polar surface area (TPSA) is 57.5 Å². The molecule has 0 bridgehead atoms. The van der Waals surface area contributed by atoms with Gasteiger partial charge < -0.3 is 4.57 Å². The highest BCUT2D eigenvalue weighted by Crippen LogP contribution is 2.28. The summed E-state index contributed by atoms with van der Waals surface area (Å²) in [7, 11) is 1.88. The Bertz CT molecular complexity index is 788. The molecule has 0 atom stereocenters. The lowest BCUT2D eigenvalue weighted by Gasteiger charge is -2.15. The molecule has 0 saturated carbocycles. The Kier molecular flexibility index (Phi) is 5.13. The second-order valence-electron chi connectivity index (χ2n) is 6.17. The van der Waals surface area contributed by atoms with Crippen molar-refractivity contribution < 1.29 is 10.0 Å². The van der Waals surface area contributed by atoms with Gasteiger partial charge in [-0.3, -0.25) is 14.9 Å². The van der Waals surface area contributed by atoms with Crippen LogP contribution in [0.3, 0.4) is 0 Å². The first-order valence-electron chi connectivity index (χ1n) is 8.28. The Labute approximate surface area is 141 Å². The molecule has 2 N–H and O–H groups in total. The number of benzene rings is 2. The smallest absolute Gasteiger partial charge is 0.257 e. The largest absolute Gasteiger partial charge is 0.340 e. The zero-order valence-electron chi connectivity index (χ0n) is 13.9. The number of rotatable bonds is 7. The molecule has 0 aliphatic heterocycles. The number of aryl methyl sites for hydroxylation is 1. The molecule has 0 aliphatic rings. The molecule has 1 amide bonds. The van der Waals surface area contributed by atoms with Crippen LogP contribution in [-0.4, -0.2) is 40.7 Å². The van der Waals surface area contributed by atoms with E-state index in [0.29, 0.717) is 0 Å². The fourth-order valence-corrected chi connectivity index (χ4v) is 3.26. The molecular weight excluding hydrogens is 302 g/mol. The number of unbranched alkanes of at least 4 members (excludes halogenated alkanes) is 1. The molecule has 5 heteroatoms. The van der Waals surface area contributed by atoms with Crippen molar-refractivity contribution >= 4 is 27.7 Å². The zero-order chi connectivity index (χ0) is 16.9. The van der Waals surface area contributed by atoms with E-state index in [-0.39, 0.29) is 12.5 Å². The molecule has 3 aromatic rings. The first kappa shape index (κ1) is 16.5. The first-order chi connectivity index (χ1) is 11.7. The van der Waals surface area contributed by atoms with E-state index in [1.165, 1.54) is 21.8 Å². The number of hydrogen-bond donors (Lipinski definition) is 2. The molecule has 0 saturated heterocycles. The van der Waals surface area contributed by atoms with Crippen LogP contribution in [0.2, 0.25) is 0 Å². The van der Waals surface area contributed by atoms with E-state index in [1.54, 1.807) is 5.48 Å². The normalized spacial score (nSPS) is 11.5. The van der Waals surface area contributed by atoms with Gasteiger partial charge in [0.15, 0.2) is 0 Å². The van der Waals surface area contributed by atoms with Gasteiger partial charge in [0, 0.05) is 28.4 Å². The fourth-order valence-electron chi connectivity index (χ4n) is 3.26. The summed E-state index contributed by atoms with van der Waals surface area (Å²) in [6, 6.07) is 17.0. The summed E-state index contributed by atoms with van der Waals surface area (Å²) in [6.45, 7) is 1.99. The maximum atomic E-state index is 11.1. The van der Waals surface area contributed by atoms with Crippen molar-refractivity contribution in [2.24, 2.45) is 0 Å². The maximum absolute atomic E-state index is 11.1. The van der Waals surface area contributed by atoms with Crippen LogP contribution < -0.4 is 5.48 Å².